The zero-order valence-electron chi connectivity index (χ0n) is 15.9. The van der Waals surface area contributed by atoms with E-state index in [-0.39, 0.29) is 24.2 Å². The largest absolute Gasteiger partial charge is 0.355 e. The molecule has 0 radical (unpaired) electrons. The number of nitrogens with one attached hydrogen (secondary N) is 2. The maximum Gasteiger partial charge on any atom is 0.243 e. The van der Waals surface area contributed by atoms with Crippen LogP contribution < -0.4 is 10.6 Å². The van der Waals surface area contributed by atoms with E-state index in [9.17, 15) is 13.2 Å². The van der Waals surface area contributed by atoms with Crippen molar-refractivity contribution in [2.75, 3.05) is 32.7 Å². The zero-order valence-corrected chi connectivity index (χ0v) is 17.5. The number of amides is 1. The summed E-state index contributed by atoms with van der Waals surface area (Å²) in [4.78, 5) is 12.6. The van der Waals surface area contributed by atoms with Crippen molar-refractivity contribution in [3.05, 3.63) is 29.3 Å². The summed E-state index contributed by atoms with van der Waals surface area (Å²) in [7, 11) is -3.47. The number of hydrogen-bond donors (Lipinski definition) is 2. The van der Waals surface area contributed by atoms with E-state index < -0.39 is 10.0 Å². The van der Waals surface area contributed by atoms with Crippen LogP contribution in [0.2, 0.25) is 0 Å². The first-order chi connectivity index (χ1) is 12.5. The predicted octanol–water partition coefficient (Wildman–Crippen LogP) is 1.72. The second-order valence-electron chi connectivity index (χ2n) is 7.11. The first kappa shape index (κ1) is 22.1. The Morgan fingerprint density at radius 1 is 1.15 bits per heavy atom. The molecule has 0 saturated carbocycles. The Morgan fingerprint density at radius 3 is 2.56 bits per heavy atom. The average Bonchev–Trinajstić information content (AvgIpc) is 3.13. The van der Waals surface area contributed by atoms with Gasteiger partial charge in [0.15, 0.2) is 0 Å². The van der Waals surface area contributed by atoms with E-state index >= 15 is 0 Å². The van der Waals surface area contributed by atoms with E-state index in [4.69, 9.17) is 0 Å². The molecule has 3 rings (SSSR count). The van der Waals surface area contributed by atoms with Crippen LogP contribution in [0.4, 0.5) is 0 Å². The second-order valence-corrected chi connectivity index (χ2v) is 9.04. The van der Waals surface area contributed by atoms with Gasteiger partial charge in [-0.05, 0) is 61.9 Å². The average molecular weight is 416 g/mol. The molecule has 1 aliphatic carbocycles. The molecule has 1 aromatic carbocycles. The van der Waals surface area contributed by atoms with Crippen LogP contribution in [0.25, 0.3) is 0 Å². The van der Waals surface area contributed by atoms with E-state index in [0.29, 0.717) is 37.4 Å². The number of hydrogen-bond acceptors (Lipinski definition) is 4. The Kier molecular flexibility index (Phi) is 8.09. The zero-order chi connectivity index (χ0) is 18.6. The molecule has 1 heterocycles. The third-order valence-electron chi connectivity index (χ3n) is 5.38. The smallest absolute Gasteiger partial charge is 0.243 e. The lowest BCUT2D eigenvalue weighted by Crippen LogP contribution is -2.44. The number of sulfonamides is 1. The molecule has 1 saturated heterocycles. The fourth-order valence-corrected chi connectivity index (χ4v) is 5.33. The number of carbonyl (C=O) groups excluding carboxylic acids is 1. The number of likely N-dealkylation sites (N-methyl/N-ethyl adjacent to an activating group) is 1. The molecule has 0 aromatic heterocycles. The summed E-state index contributed by atoms with van der Waals surface area (Å²) in [6.07, 6.45) is 4.28. The van der Waals surface area contributed by atoms with Crippen molar-refractivity contribution >= 4 is 28.3 Å². The Labute approximate surface area is 168 Å². The summed E-state index contributed by atoms with van der Waals surface area (Å²) in [6.45, 7) is 5.09. The van der Waals surface area contributed by atoms with Gasteiger partial charge in [-0.15, -0.1) is 12.4 Å². The van der Waals surface area contributed by atoms with Gasteiger partial charge >= 0.3 is 0 Å². The topological polar surface area (TPSA) is 78.5 Å². The van der Waals surface area contributed by atoms with E-state index in [2.05, 4.69) is 10.6 Å². The lowest BCUT2D eigenvalue weighted by Gasteiger charge is -2.30. The van der Waals surface area contributed by atoms with Gasteiger partial charge in [0.2, 0.25) is 15.9 Å². The van der Waals surface area contributed by atoms with Crippen LogP contribution in [0, 0.1) is 5.92 Å². The Morgan fingerprint density at radius 2 is 1.85 bits per heavy atom. The van der Waals surface area contributed by atoms with Crippen LogP contribution >= 0.6 is 12.4 Å². The van der Waals surface area contributed by atoms with Gasteiger partial charge in [-0.3, -0.25) is 4.79 Å². The van der Waals surface area contributed by atoms with Crippen LogP contribution in [-0.4, -0.2) is 51.4 Å². The molecular formula is C19H30ClN3O3S. The minimum Gasteiger partial charge on any atom is -0.355 e. The van der Waals surface area contributed by atoms with Crippen molar-refractivity contribution < 1.29 is 13.2 Å². The molecule has 2 N–H and O–H groups in total. The lowest BCUT2D eigenvalue weighted by molar-refractivity contribution is -0.126. The van der Waals surface area contributed by atoms with Crippen LogP contribution in [0.3, 0.4) is 0 Å². The van der Waals surface area contributed by atoms with Crippen molar-refractivity contribution in [3.8, 4) is 0 Å². The summed E-state index contributed by atoms with van der Waals surface area (Å²) in [5.74, 6) is -0.0550. The van der Waals surface area contributed by atoms with Crippen LogP contribution in [-0.2, 0) is 27.7 Å². The monoisotopic (exact) mass is 415 g/mol. The molecule has 2 aliphatic rings. The van der Waals surface area contributed by atoms with Crippen molar-refractivity contribution in [2.45, 2.75) is 43.9 Å². The van der Waals surface area contributed by atoms with Gasteiger partial charge in [0.05, 0.1) is 4.90 Å². The third-order valence-corrected chi connectivity index (χ3v) is 7.28. The molecule has 27 heavy (non-hydrogen) atoms. The van der Waals surface area contributed by atoms with E-state index in [1.54, 1.807) is 6.07 Å². The molecule has 1 amide bonds. The summed E-state index contributed by atoms with van der Waals surface area (Å²) in [5.41, 5.74) is 2.44. The summed E-state index contributed by atoms with van der Waals surface area (Å²) < 4.78 is 27.4. The highest BCUT2D eigenvalue weighted by atomic mass is 35.5. The maximum atomic E-state index is 12.9. The molecule has 1 fully saturated rings. The molecular weight excluding hydrogens is 386 g/mol. The molecule has 8 heteroatoms. The lowest BCUT2D eigenvalue weighted by atomic mass is 9.97. The summed E-state index contributed by atoms with van der Waals surface area (Å²) in [5, 5.41) is 6.10. The van der Waals surface area contributed by atoms with E-state index in [1.165, 1.54) is 15.4 Å². The summed E-state index contributed by atoms with van der Waals surface area (Å²) >= 11 is 0. The van der Waals surface area contributed by atoms with Gasteiger partial charge in [0.25, 0.3) is 0 Å². The minimum absolute atomic E-state index is 0. The first-order valence-electron chi connectivity index (χ1n) is 9.62. The van der Waals surface area contributed by atoms with Gasteiger partial charge in [-0.2, -0.15) is 4.31 Å². The molecule has 6 nitrogen and oxygen atoms in total. The highest BCUT2D eigenvalue weighted by molar-refractivity contribution is 7.89. The summed E-state index contributed by atoms with van der Waals surface area (Å²) in [6, 6.07) is 5.54. The van der Waals surface area contributed by atoms with Crippen LogP contribution in [0.15, 0.2) is 23.1 Å². The number of piperidine rings is 1. The normalized spacial score (nSPS) is 18.0. The fraction of sp³-hybridized carbons (Fsp3) is 0.632. The molecule has 0 unspecified atom stereocenters. The number of fused-ring (bicyclic) bond motifs is 1. The SMILES string of the molecule is CCNCCNC(=O)C1CCN(S(=O)(=O)c2ccc3c(c2)CCC3)CC1.Cl. The fourth-order valence-electron chi connectivity index (χ4n) is 3.81. The standard InChI is InChI=1S/C19H29N3O3S.ClH/c1-2-20-10-11-21-19(23)16-8-12-22(13-9-16)26(24,25)18-7-6-15-4-3-5-17(15)14-18;/h6-7,14,16,20H,2-5,8-13H2,1H3,(H,21,23);1H. The number of nitrogens with zero attached hydrogens (tertiary/aromatic N) is 1. The van der Waals surface area contributed by atoms with E-state index in [0.717, 1.165) is 32.4 Å². The molecule has 0 bridgehead atoms. The highest BCUT2D eigenvalue weighted by Gasteiger charge is 2.32. The number of halogens is 1. The maximum absolute atomic E-state index is 12.9. The van der Waals surface area contributed by atoms with Crippen LogP contribution in [0.1, 0.15) is 37.3 Å². The number of aryl methyl sites for hydroxylation is 2. The highest BCUT2D eigenvalue weighted by Crippen LogP contribution is 2.28. The minimum atomic E-state index is -3.47. The Bertz CT molecular complexity index is 747. The molecule has 152 valence electrons. The second kappa shape index (κ2) is 9.87. The van der Waals surface area contributed by atoms with Gasteiger partial charge < -0.3 is 10.6 Å². The molecule has 0 atom stereocenters. The van der Waals surface area contributed by atoms with Crippen molar-refractivity contribution in [3.63, 3.8) is 0 Å². The quantitative estimate of drug-likeness (QED) is 0.664. The van der Waals surface area contributed by atoms with Gasteiger partial charge in [0, 0.05) is 32.1 Å². The third kappa shape index (κ3) is 5.22. The van der Waals surface area contributed by atoms with Gasteiger partial charge in [-0.1, -0.05) is 13.0 Å². The predicted molar refractivity (Wildman–Crippen MR) is 109 cm³/mol. The Balaban J connectivity index is 0.00000261. The number of rotatable bonds is 7. The van der Waals surface area contributed by atoms with E-state index in [1.807, 2.05) is 19.1 Å². The van der Waals surface area contributed by atoms with Gasteiger partial charge in [0.1, 0.15) is 0 Å². The van der Waals surface area contributed by atoms with Gasteiger partial charge in [-0.25, -0.2) is 8.42 Å². The first-order valence-corrected chi connectivity index (χ1v) is 11.1. The Hall–Kier alpha value is -1.15. The van der Waals surface area contributed by atoms with Crippen molar-refractivity contribution in [1.29, 1.82) is 0 Å². The number of benzene rings is 1. The number of carbonyl (C=O) groups is 1. The van der Waals surface area contributed by atoms with Crippen LogP contribution in [0.5, 0.6) is 0 Å². The van der Waals surface area contributed by atoms with Crippen molar-refractivity contribution in [2.24, 2.45) is 5.92 Å². The van der Waals surface area contributed by atoms with Crippen molar-refractivity contribution in [1.82, 2.24) is 14.9 Å². The molecule has 0 spiro atoms. The molecule has 1 aliphatic heterocycles. The molecule has 1 aromatic rings.